The molecule has 0 atom stereocenters. The fourth-order valence-corrected chi connectivity index (χ4v) is 5.51. The van der Waals surface area contributed by atoms with Crippen LogP contribution < -0.4 is 0 Å². The molecule has 4 heterocycles. The van der Waals surface area contributed by atoms with Crippen LogP contribution in [0.3, 0.4) is 0 Å². The molecule has 3 aromatic heterocycles. The molecule has 1 aromatic carbocycles. The Morgan fingerprint density at radius 1 is 1.03 bits per heavy atom. The Labute approximate surface area is 178 Å². The molecule has 6 nitrogen and oxygen atoms in total. The van der Waals surface area contributed by atoms with Crippen molar-refractivity contribution in [2.24, 2.45) is 0 Å². The lowest BCUT2D eigenvalue weighted by molar-refractivity contribution is 0.316. The Balaban J connectivity index is 1.50. The molecule has 1 aliphatic heterocycles. The summed E-state index contributed by atoms with van der Waals surface area (Å²) in [6.07, 6.45) is 4.18. The predicted molar refractivity (Wildman–Crippen MR) is 116 cm³/mol. The highest BCUT2D eigenvalue weighted by Gasteiger charge is 2.20. The van der Waals surface area contributed by atoms with Crippen molar-refractivity contribution in [2.75, 3.05) is 13.1 Å². The number of hydrogen-bond acceptors (Lipinski definition) is 7. The summed E-state index contributed by atoms with van der Waals surface area (Å²) >= 11 is 3.28. The minimum Gasteiger partial charge on any atom is -0.300 e. The van der Waals surface area contributed by atoms with Crippen LogP contribution in [0.25, 0.3) is 10.2 Å². The normalized spacial score (nSPS) is 14.8. The van der Waals surface area contributed by atoms with Crippen LogP contribution in [0.15, 0.2) is 52.9 Å². The highest BCUT2D eigenvalue weighted by Crippen LogP contribution is 2.34. The molecule has 0 unspecified atom stereocenters. The van der Waals surface area contributed by atoms with Gasteiger partial charge in [-0.2, -0.15) is 0 Å². The predicted octanol–water partition coefficient (Wildman–Crippen LogP) is 4.39. The van der Waals surface area contributed by atoms with Gasteiger partial charge in [0.1, 0.15) is 22.0 Å². The Morgan fingerprint density at radius 2 is 1.86 bits per heavy atom. The number of thiophene rings is 1. The van der Waals surface area contributed by atoms with Gasteiger partial charge in [0.15, 0.2) is 5.16 Å². The summed E-state index contributed by atoms with van der Waals surface area (Å²) in [5.74, 6) is 1.02. The van der Waals surface area contributed by atoms with E-state index in [-0.39, 0.29) is 0 Å². The Hall–Kier alpha value is -2.29. The lowest BCUT2D eigenvalue weighted by Crippen LogP contribution is -2.21. The van der Waals surface area contributed by atoms with Gasteiger partial charge in [-0.15, -0.1) is 21.5 Å². The third-order valence-corrected chi connectivity index (χ3v) is 7.11. The molecule has 5 rings (SSSR count). The van der Waals surface area contributed by atoms with Gasteiger partial charge in [0.2, 0.25) is 0 Å². The topological polar surface area (TPSA) is 59.7 Å². The van der Waals surface area contributed by atoms with Crippen molar-refractivity contribution in [3.8, 4) is 0 Å². The number of nitrogens with zero attached hydrogens (tertiary/aromatic N) is 6. The van der Waals surface area contributed by atoms with Crippen molar-refractivity contribution in [2.45, 2.75) is 43.0 Å². The first-order valence-electron chi connectivity index (χ1n) is 9.83. The molecule has 0 spiro atoms. The quantitative estimate of drug-likeness (QED) is 0.430. The zero-order valence-corrected chi connectivity index (χ0v) is 17.9. The molecular weight excluding hydrogens is 400 g/mol. The number of aryl methyl sites for hydroxylation is 1. The van der Waals surface area contributed by atoms with E-state index in [2.05, 4.69) is 66.9 Å². The standard InChI is InChI=1S/C21H22N6S2/c1-15-11-17-19(28-15)22-14-23-20(17)29-21-25-24-18(13-26-9-5-6-10-26)27(21)12-16-7-3-2-4-8-16/h2-4,7-8,11,14H,5-6,9-10,12-13H2,1H3. The van der Waals surface area contributed by atoms with Crippen molar-refractivity contribution in [3.05, 3.63) is 59.0 Å². The zero-order chi connectivity index (χ0) is 19.6. The Bertz CT molecular complexity index is 1110. The summed E-state index contributed by atoms with van der Waals surface area (Å²) in [5.41, 5.74) is 1.25. The van der Waals surface area contributed by atoms with Crippen LogP contribution in [0.5, 0.6) is 0 Å². The lowest BCUT2D eigenvalue weighted by atomic mass is 10.2. The van der Waals surface area contributed by atoms with Crippen LogP contribution in [0.2, 0.25) is 0 Å². The van der Waals surface area contributed by atoms with E-state index in [0.717, 1.165) is 52.4 Å². The molecule has 148 valence electrons. The Morgan fingerprint density at radius 3 is 2.69 bits per heavy atom. The van der Waals surface area contributed by atoms with Crippen molar-refractivity contribution >= 4 is 33.3 Å². The van der Waals surface area contributed by atoms with Gasteiger partial charge in [-0.1, -0.05) is 30.3 Å². The van der Waals surface area contributed by atoms with E-state index >= 15 is 0 Å². The highest BCUT2D eigenvalue weighted by molar-refractivity contribution is 7.99. The highest BCUT2D eigenvalue weighted by atomic mass is 32.2. The largest absolute Gasteiger partial charge is 0.300 e. The van der Waals surface area contributed by atoms with E-state index in [1.165, 1.54) is 23.3 Å². The number of rotatable bonds is 6. The van der Waals surface area contributed by atoms with Crippen LogP contribution in [-0.2, 0) is 13.1 Å². The van der Waals surface area contributed by atoms with Gasteiger partial charge < -0.3 is 4.57 Å². The molecule has 0 bridgehead atoms. The molecule has 1 saturated heterocycles. The van der Waals surface area contributed by atoms with E-state index in [1.54, 1.807) is 29.4 Å². The van der Waals surface area contributed by atoms with Crippen LogP contribution in [-0.4, -0.2) is 42.7 Å². The summed E-state index contributed by atoms with van der Waals surface area (Å²) in [7, 11) is 0. The molecule has 0 saturated carbocycles. The molecule has 0 amide bonds. The number of aromatic nitrogens is 5. The molecule has 29 heavy (non-hydrogen) atoms. The summed E-state index contributed by atoms with van der Waals surface area (Å²) < 4.78 is 2.24. The second-order valence-corrected chi connectivity index (χ2v) is 9.50. The average Bonchev–Trinajstić information content (AvgIpc) is 3.45. The van der Waals surface area contributed by atoms with Gasteiger partial charge in [0.25, 0.3) is 0 Å². The van der Waals surface area contributed by atoms with E-state index < -0.39 is 0 Å². The minimum absolute atomic E-state index is 0.760. The molecule has 1 fully saturated rings. The fraction of sp³-hybridized carbons (Fsp3) is 0.333. The number of fused-ring (bicyclic) bond motifs is 1. The summed E-state index contributed by atoms with van der Waals surface area (Å²) in [6.45, 7) is 5.99. The van der Waals surface area contributed by atoms with Crippen LogP contribution in [0.4, 0.5) is 0 Å². The maximum absolute atomic E-state index is 4.57. The lowest BCUT2D eigenvalue weighted by Gasteiger charge is -2.16. The monoisotopic (exact) mass is 422 g/mol. The van der Waals surface area contributed by atoms with E-state index in [1.807, 2.05) is 6.07 Å². The SMILES string of the molecule is Cc1cc2c(Sc3nnc(CN4CCCC4)n3Cc3ccccc3)ncnc2s1. The van der Waals surface area contributed by atoms with Crippen molar-refractivity contribution < 1.29 is 0 Å². The van der Waals surface area contributed by atoms with E-state index in [0.29, 0.717) is 0 Å². The van der Waals surface area contributed by atoms with Crippen molar-refractivity contribution in [3.63, 3.8) is 0 Å². The molecule has 1 aliphatic rings. The number of likely N-dealkylation sites (tertiary alicyclic amines) is 1. The summed E-state index contributed by atoms with van der Waals surface area (Å²) in [5, 5.41) is 12.0. The molecule has 0 aliphatic carbocycles. The second kappa shape index (κ2) is 8.22. The maximum atomic E-state index is 4.57. The van der Waals surface area contributed by atoms with Gasteiger partial charge in [-0.3, -0.25) is 4.90 Å². The average molecular weight is 423 g/mol. The van der Waals surface area contributed by atoms with Crippen molar-refractivity contribution in [1.82, 2.24) is 29.6 Å². The third kappa shape index (κ3) is 4.05. The fourth-order valence-electron chi connectivity index (χ4n) is 3.70. The molecule has 0 radical (unpaired) electrons. The molecule has 0 N–H and O–H groups in total. The number of hydrogen-bond donors (Lipinski definition) is 0. The maximum Gasteiger partial charge on any atom is 0.197 e. The van der Waals surface area contributed by atoms with E-state index in [4.69, 9.17) is 0 Å². The number of benzene rings is 1. The van der Waals surface area contributed by atoms with Crippen molar-refractivity contribution in [1.29, 1.82) is 0 Å². The van der Waals surface area contributed by atoms with E-state index in [9.17, 15) is 0 Å². The van der Waals surface area contributed by atoms with Crippen LogP contribution in [0.1, 0.15) is 29.1 Å². The molecule has 8 heteroatoms. The van der Waals surface area contributed by atoms with Crippen LogP contribution >= 0.6 is 23.1 Å². The smallest absolute Gasteiger partial charge is 0.197 e. The first kappa shape index (κ1) is 18.7. The van der Waals surface area contributed by atoms with Gasteiger partial charge in [-0.05, 0) is 56.2 Å². The summed E-state index contributed by atoms with van der Waals surface area (Å²) in [6, 6.07) is 12.7. The zero-order valence-electron chi connectivity index (χ0n) is 16.3. The molecular formula is C21H22N6S2. The first-order valence-corrected chi connectivity index (χ1v) is 11.5. The Kier molecular flexibility index (Phi) is 5.30. The summed E-state index contributed by atoms with van der Waals surface area (Å²) in [4.78, 5) is 13.7. The van der Waals surface area contributed by atoms with Crippen LogP contribution in [0, 0.1) is 6.92 Å². The first-order chi connectivity index (χ1) is 14.3. The van der Waals surface area contributed by atoms with Gasteiger partial charge in [0.05, 0.1) is 13.1 Å². The minimum atomic E-state index is 0.760. The van der Waals surface area contributed by atoms with Gasteiger partial charge in [0, 0.05) is 10.3 Å². The second-order valence-electron chi connectivity index (χ2n) is 7.31. The molecule has 4 aromatic rings. The van der Waals surface area contributed by atoms with Gasteiger partial charge >= 0.3 is 0 Å². The van der Waals surface area contributed by atoms with Gasteiger partial charge in [-0.25, -0.2) is 9.97 Å². The third-order valence-electron chi connectivity index (χ3n) is 5.14.